The number of amides is 1. The number of hydrogen-bond acceptors (Lipinski definition) is 2. The molecule has 0 spiro atoms. The van der Waals surface area contributed by atoms with Crippen LogP contribution in [0.3, 0.4) is 0 Å². The Morgan fingerprint density at radius 3 is 2.83 bits per heavy atom. The molecule has 0 heterocycles. The Kier molecular flexibility index (Phi) is 2.72. The zero-order chi connectivity index (χ0) is 9.03. The van der Waals surface area contributed by atoms with E-state index >= 15 is 0 Å². The zero-order valence-corrected chi connectivity index (χ0v) is 7.31. The first kappa shape index (κ1) is 9.08. The van der Waals surface area contributed by atoms with Crippen molar-refractivity contribution in [2.75, 3.05) is 6.54 Å². The second-order valence-electron chi connectivity index (χ2n) is 3.09. The third kappa shape index (κ3) is 2.24. The molecule has 0 aromatic heterocycles. The Morgan fingerprint density at radius 2 is 2.33 bits per heavy atom. The summed E-state index contributed by atoms with van der Waals surface area (Å²) in [5.74, 6) is 5.61. The second kappa shape index (κ2) is 3.59. The Bertz CT molecular complexity index is 233. The fraction of sp³-hybridized carbons (Fsp3) is 0.667. The average Bonchev–Trinajstić information content (AvgIpc) is 2.78. The van der Waals surface area contributed by atoms with E-state index in [1.54, 1.807) is 6.92 Å². The Balaban J connectivity index is 2.14. The highest BCUT2D eigenvalue weighted by Crippen LogP contribution is 2.31. The Morgan fingerprint density at radius 1 is 1.67 bits per heavy atom. The zero-order valence-electron chi connectivity index (χ0n) is 7.31. The van der Waals surface area contributed by atoms with Gasteiger partial charge in [0.05, 0.1) is 5.54 Å². The molecule has 0 aliphatic heterocycles. The van der Waals surface area contributed by atoms with Crippen LogP contribution in [0.1, 0.15) is 26.2 Å². The van der Waals surface area contributed by atoms with Gasteiger partial charge < -0.3 is 11.1 Å². The fourth-order valence-electron chi connectivity index (χ4n) is 0.901. The van der Waals surface area contributed by atoms with Gasteiger partial charge in [0, 0.05) is 13.0 Å². The lowest BCUT2D eigenvalue weighted by Crippen LogP contribution is -2.42. The van der Waals surface area contributed by atoms with Crippen molar-refractivity contribution in [3.63, 3.8) is 0 Å². The lowest BCUT2D eigenvalue weighted by molar-refractivity contribution is -0.123. The molecule has 3 heteroatoms. The molecule has 1 rings (SSSR count). The molecule has 12 heavy (non-hydrogen) atoms. The van der Waals surface area contributed by atoms with Crippen molar-refractivity contribution in [1.29, 1.82) is 0 Å². The molecule has 0 unspecified atom stereocenters. The van der Waals surface area contributed by atoms with E-state index < -0.39 is 5.54 Å². The van der Waals surface area contributed by atoms with Gasteiger partial charge in [-0.2, -0.15) is 0 Å². The lowest BCUT2D eigenvalue weighted by atomic mass is 10.2. The predicted octanol–water partition coefficient (Wildman–Crippen LogP) is 0.00730. The van der Waals surface area contributed by atoms with Gasteiger partial charge in [-0.05, 0) is 19.8 Å². The Labute approximate surface area is 72.7 Å². The summed E-state index contributed by atoms with van der Waals surface area (Å²) in [5, 5.41) is 2.75. The average molecular weight is 166 g/mol. The largest absolute Gasteiger partial charge is 0.354 e. The summed E-state index contributed by atoms with van der Waals surface area (Å²) in [5.41, 5.74) is 5.11. The molecule has 1 aliphatic carbocycles. The van der Waals surface area contributed by atoms with Gasteiger partial charge in [0.1, 0.15) is 0 Å². The number of nitrogens with two attached hydrogens (primary N) is 1. The van der Waals surface area contributed by atoms with E-state index in [1.807, 2.05) is 0 Å². The van der Waals surface area contributed by atoms with E-state index in [2.05, 4.69) is 17.2 Å². The number of carbonyl (C=O) groups excluding carboxylic acids is 1. The molecule has 3 N–H and O–H groups in total. The summed E-state index contributed by atoms with van der Waals surface area (Å²) in [6.07, 6.45) is 2.34. The quantitative estimate of drug-likeness (QED) is 0.458. The first-order valence-corrected chi connectivity index (χ1v) is 4.16. The summed E-state index contributed by atoms with van der Waals surface area (Å²) < 4.78 is 0. The first-order valence-electron chi connectivity index (χ1n) is 4.16. The van der Waals surface area contributed by atoms with Gasteiger partial charge in [0.15, 0.2) is 0 Å². The van der Waals surface area contributed by atoms with Crippen LogP contribution in [0, 0.1) is 11.8 Å². The van der Waals surface area contributed by atoms with Crippen LogP contribution in [0.25, 0.3) is 0 Å². The first-order chi connectivity index (χ1) is 5.69. The molecular formula is C9H14N2O. The Hall–Kier alpha value is -1.01. The van der Waals surface area contributed by atoms with E-state index in [1.165, 1.54) is 0 Å². The molecule has 0 aromatic carbocycles. The molecule has 0 aromatic rings. The third-order valence-electron chi connectivity index (χ3n) is 1.95. The van der Waals surface area contributed by atoms with Crippen LogP contribution >= 0.6 is 0 Å². The number of rotatable bonds is 3. The molecule has 0 bridgehead atoms. The van der Waals surface area contributed by atoms with Crippen molar-refractivity contribution in [1.82, 2.24) is 5.32 Å². The highest BCUT2D eigenvalue weighted by atomic mass is 16.2. The van der Waals surface area contributed by atoms with Crippen molar-refractivity contribution in [3.05, 3.63) is 0 Å². The molecule has 66 valence electrons. The molecule has 3 nitrogen and oxygen atoms in total. The van der Waals surface area contributed by atoms with E-state index in [9.17, 15) is 4.79 Å². The monoisotopic (exact) mass is 166 g/mol. The van der Waals surface area contributed by atoms with Crippen molar-refractivity contribution in [3.8, 4) is 11.8 Å². The van der Waals surface area contributed by atoms with Crippen LogP contribution in [0.15, 0.2) is 0 Å². The number of carbonyl (C=O) groups is 1. The van der Waals surface area contributed by atoms with Gasteiger partial charge in [-0.25, -0.2) is 0 Å². The maximum Gasteiger partial charge on any atom is 0.240 e. The van der Waals surface area contributed by atoms with Gasteiger partial charge in [-0.3, -0.25) is 4.79 Å². The molecule has 1 aliphatic rings. The van der Waals surface area contributed by atoms with E-state index in [4.69, 9.17) is 5.73 Å². The minimum atomic E-state index is -0.542. The third-order valence-corrected chi connectivity index (χ3v) is 1.95. The second-order valence-corrected chi connectivity index (χ2v) is 3.09. The summed E-state index contributed by atoms with van der Waals surface area (Å²) in [6.45, 7) is 2.39. The van der Waals surface area contributed by atoms with Gasteiger partial charge in [-0.1, -0.05) is 0 Å². The normalized spacial score (nSPS) is 17.5. The van der Waals surface area contributed by atoms with Crippen molar-refractivity contribution < 1.29 is 4.79 Å². The molecule has 0 atom stereocenters. The number of hydrogen-bond donors (Lipinski definition) is 2. The van der Waals surface area contributed by atoms with Gasteiger partial charge >= 0.3 is 0 Å². The molecular weight excluding hydrogens is 152 g/mol. The highest BCUT2D eigenvalue weighted by molar-refractivity contribution is 5.88. The van der Waals surface area contributed by atoms with Crippen molar-refractivity contribution >= 4 is 5.91 Å². The minimum Gasteiger partial charge on any atom is -0.354 e. The minimum absolute atomic E-state index is 0.0274. The van der Waals surface area contributed by atoms with Crippen LogP contribution in [0.5, 0.6) is 0 Å². The van der Waals surface area contributed by atoms with Gasteiger partial charge in [0.2, 0.25) is 5.91 Å². The maximum absolute atomic E-state index is 11.2. The molecule has 1 saturated carbocycles. The van der Waals surface area contributed by atoms with Crippen LogP contribution in [0.4, 0.5) is 0 Å². The van der Waals surface area contributed by atoms with Crippen LogP contribution in [-0.2, 0) is 4.79 Å². The van der Waals surface area contributed by atoms with Crippen LogP contribution < -0.4 is 11.1 Å². The highest BCUT2D eigenvalue weighted by Gasteiger charge is 2.45. The van der Waals surface area contributed by atoms with E-state index in [0.717, 1.165) is 12.8 Å². The maximum atomic E-state index is 11.2. The topological polar surface area (TPSA) is 55.1 Å². The van der Waals surface area contributed by atoms with Crippen LogP contribution in [0.2, 0.25) is 0 Å². The van der Waals surface area contributed by atoms with Crippen molar-refractivity contribution in [2.24, 2.45) is 5.73 Å². The number of nitrogens with one attached hydrogen (secondary N) is 1. The molecule has 1 fully saturated rings. The van der Waals surface area contributed by atoms with Gasteiger partial charge in [0.25, 0.3) is 0 Å². The standard InChI is InChI=1S/C9H14N2O/c1-2-3-4-7-11-8(12)9(10)5-6-9/h4-7,10H2,1H3,(H,11,12). The van der Waals surface area contributed by atoms with Crippen LogP contribution in [-0.4, -0.2) is 18.0 Å². The molecule has 0 radical (unpaired) electrons. The summed E-state index contributed by atoms with van der Waals surface area (Å²) in [6, 6.07) is 0. The molecule has 1 amide bonds. The van der Waals surface area contributed by atoms with Crippen molar-refractivity contribution in [2.45, 2.75) is 31.7 Å². The van der Waals surface area contributed by atoms with E-state index in [0.29, 0.717) is 13.0 Å². The SMILES string of the molecule is CC#CCCNC(=O)C1(N)CC1. The smallest absolute Gasteiger partial charge is 0.240 e. The van der Waals surface area contributed by atoms with E-state index in [-0.39, 0.29) is 5.91 Å². The fourth-order valence-corrected chi connectivity index (χ4v) is 0.901. The summed E-state index contributed by atoms with van der Waals surface area (Å²) >= 11 is 0. The lowest BCUT2D eigenvalue weighted by Gasteiger charge is -2.07. The summed E-state index contributed by atoms with van der Waals surface area (Å²) in [4.78, 5) is 11.2. The molecule has 0 saturated heterocycles. The predicted molar refractivity (Wildman–Crippen MR) is 47.2 cm³/mol. The van der Waals surface area contributed by atoms with Gasteiger partial charge in [-0.15, -0.1) is 11.8 Å². The summed E-state index contributed by atoms with van der Waals surface area (Å²) in [7, 11) is 0.